The van der Waals surface area contributed by atoms with Crippen molar-refractivity contribution in [3.8, 4) is 0 Å². The van der Waals surface area contributed by atoms with E-state index in [4.69, 9.17) is 0 Å². The van der Waals surface area contributed by atoms with E-state index in [1.165, 1.54) is 18.9 Å². The summed E-state index contributed by atoms with van der Waals surface area (Å²) in [5.74, 6) is -0.296. The van der Waals surface area contributed by atoms with Crippen LogP contribution in [-0.2, 0) is 0 Å². The third kappa shape index (κ3) is 2.29. The van der Waals surface area contributed by atoms with Gasteiger partial charge in [-0.05, 0) is 44.0 Å². The topological polar surface area (TPSA) is 39.3 Å². The van der Waals surface area contributed by atoms with Gasteiger partial charge in [0.2, 0.25) is 0 Å². The lowest BCUT2D eigenvalue weighted by Crippen LogP contribution is -2.39. The molecule has 2 aromatic rings. The number of hydrogen-bond donors (Lipinski definition) is 1. The Kier molecular flexibility index (Phi) is 3.37. The zero-order valence-corrected chi connectivity index (χ0v) is 12.5. The summed E-state index contributed by atoms with van der Waals surface area (Å²) < 4.78 is 13.8. The van der Waals surface area contributed by atoms with E-state index in [1.807, 2.05) is 4.90 Å². The van der Waals surface area contributed by atoms with Crippen LogP contribution in [0.25, 0.3) is 10.9 Å². The molecule has 4 nitrogen and oxygen atoms in total. The van der Waals surface area contributed by atoms with Gasteiger partial charge in [-0.1, -0.05) is 6.07 Å². The van der Waals surface area contributed by atoms with E-state index in [0.717, 1.165) is 32.6 Å². The van der Waals surface area contributed by atoms with Gasteiger partial charge in [0.1, 0.15) is 11.5 Å². The Morgan fingerprint density at radius 1 is 1.23 bits per heavy atom. The van der Waals surface area contributed by atoms with Crippen LogP contribution in [0.1, 0.15) is 29.8 Å². The van der Waals surface area contributed by atoms with Gasteiger partial charge in [-0.15, -0.1) is 0 Å². The second-order valence-corrected chi connectivity index (χ2v) is 6.32. The Balaban J connectivity index is 1.60. The van der Waals surface area contributed by atoms with Crippen LogP contribution in [0.2, 0.25) is 0 Å². The average Bonchev–Trinajstić information content (AvgIpc) is 3.09. The zero-order valence-electron chi connectivity index (χ0n) is 12.5. The molecule has 5 heteroatoms. The molecule has 3 heterocycles. The van der Waals surface area contributed by atoms with Crippen LogP contribution in [0.4, 0.5) is 4.39 Å². The van der Waals surface area contributed by atoms with Gasteiger partial charge in [0, 0.05) is 36.6 Å². The number of nitrogens with zero attached hydrogens (tertiary/aromatic N) is 2. The van der Waals surface area contributed by atoms with Crippen molar-refractivity contribution in [3.63, 3.8) is 0 Å². The molecule has 0 bridgehead atoms. The van der Waals surface area contributed by atoms with Crippen molar-refractivity contribution in [2.75, 3.05) is 26.2 Å². The first-order valence-electron chi connectivity index (χ1n) is 8.03. The normalized spacial score (nSPS) is 22.8. The highest BCUT2D eigenvalue weighted by Crippen LogP contribution is 2.24. The molecule has 0 radical (unpaired) electrons. The fourth-order valence-corrected chi connectivity index (χ4v) is 3.79. The van der Waals surface area contributed by atoms with E-state index in [9.17, 15) is 9.18 Å². The molecule has 116 valence electrons. The molecule has 1 unspecified atom stereocenters. The minimum Gasteiger partial charge on any atom is -0.350 e. The zero-order chi connectivity index (χ0) is 15.1. The molecule has 2 fully saturated rings. The van der Waals surface area contributed by atoms with Crippen molar-refractivity contribution < 1.29 is 9.18 Å². The molecule has 1 aromatic carbocycles. The quantitative estimate of drug-likeness (QED) is 0.879. The lowest BCUT2D eigenvalue weighted by atomic mass is 10.2. The molecular formula is C17H20FN3O. The number of carbonyl (C=O) groups is 1. The van der Waals surface area contributed by atoms with Crippen LogP contribution < -0.4 is 0 Å². The monoisotopic (exact) mass is 301 g/mol. The number of halogens is 1. The summed E-state index contributed by atoms with van der Waals surface area (Å²) >= 11 is 0. The first-order valence-corrected chi connectivity index (χ1v) is 8.03. The number of H-pyrrole nitrogens is 1. The van der Waals surface area contributed by atoms with E-state index in [1.54, 1.807) is 18.2 Å². The van der Waals surface area contributed by atoms with Crippen LogP contribution in [0.5, 0.6) is 0 Å². The van der Waals surface area contributed by atoms with Crippen molar-refractivity contribution in [1.82, 2.24) is 14.8 Å². The van der Waals surface area contributed by atoms with Crippen LogP contribution in [-0.4, -0.2) is 52.9 Å². The van der Waals surface area contributed by atoms with Gasteiger partial charge in [0.15, 0.2) is 0 Å². The summed E-state index contributed by atoms with van der Waals surface area (Å²) in [6.07, 6.45) is 3.41. The number of rotatable bonds is 1. The van der Waals surface area contributed by atoms with E-state index >= 15 is 0 Å². The first kappa shape index (κ1) is 13.8. The Hall–Kier alpha value is -1.88. The maximum Gasteiger partial charge on any atom is 0.270 e. The molecule has 1 N–H and O–H groups in total. The first-order chi connectivity index (χ1) is 10.7. The van der Waals surface area contributed by atoms with E-state index < -0.39 is 0 Å². The lowest BCUT2D eigenvalue weighted by Gasteiger charge is -2.25. The predicted octanol–water partition coefficient (Wildman–Crippen LogP) is 2.62. The summed E-state index contributed by atoms with van der Waals surface area (Å²) in [5.41, 5.74) is 1.17. The summed E-state index contributed by atoms with van der Waals surface area (Å²) in [7, 11) is 0. The lowest BCUT2D eigenvalue weighted by molar-refractivity contribution is 0.0738. The van der Waals surface area contributed by atoms with Crippen LogP contribution in [0.3, 0.4) is 0 Å². The summed E-state index contributed by atoms with van der Waals surface area (Å²) in [6, 6.07) is 7.02. The fraction of sp³-hybridized carbons (Fsp3) is 0.471. The highest BCUT2D eigenvalue weighted by atomic mass is 19.1. The molecule has 0 saturated carbocycles. The highest BCUT2D eigenvalue weighted by Gasteiger charge is 2.31. The highest BCUT2D eigenvalue weighted by molar-refractivity contribution is 5.98. The maximum atomic E-state index is 13.8. The summed E-state index contributed by atoms with van der Waals surface area (Å²) in [6.45, 7) is 3.81. The number of fused-ring (bicyclic) bond motifs is 2. The number of hydrogen-bond acceptors (Lipinski definition) is 2. The average molecular weight is 301 g/mol. The minimum absolute atomic E-state index is 0.00986. The van der Waals surface area contributed by atoms with Gasteiger partial charge < -0.3 is 9.88 Å². The number of aromatic amines is 1. The van der Waals surface area contributed by atoms with Crippen LogP contribution in [0.15, 0.2) is 24.3 Å². The summed E-state index contributed by atoms with van der Waals surface area (Å²) in [4.78, 5) is 20.3. The standard InChI is InChI=1S/C17H20FN3O/c18-14-5-1-6-15-13(14)10-16(19-15)17(22)21-9-3-8-20-7-2-4-12(20)11-21/h1,5-6,10,12,19H,2-4,7-9,11H2. The van der Waals surface area contributed by atoms with E-state index in [2.05, 4.69) is 9.88 Å². The van der Waals surface area contributed by atoms with E-state index in [-0.39, 0.29) is 11.7 Å². The molecule has 4 rings (SSSR count). The number of carbonyl (C=O) groups excluding carboxylic acids is 1. The van der Waals surface area contributed by atoms with Crippen molar-refractivity contribution >= 4 is 16.8 Å². The van der Waals surface area contributed by atoms with Crippen molar-refractivity contribution in [1.29, 1.82) is 0 Å². The molecule has 1 atom stereocenters. The molecular weight excluding hydrogens is 281 g/mol. The molecule has 2 aliphatic rings. The van der Waals surface area contributed by atoms with Gasteiger partial charge in [0.05, 0.1) is 0 Å². The summed E-state index contributed by atoms with van der Waals surface area (Å²) in [5, 5.41) is 0.489. The molecule has 0 spiro atoms. The van der Waals surface area contributed by atoms with Gasteiger partial charge in [-0.2, -0.15) is 0 Å². The second-order valence-electron chi connectivity index (χ2n) is 6.32. The van der Waals surface area contributed by atoms with Gasteiger partial charge in [-0.3, -0.25) is 9.69 Å². The third-order valence-corrected chi connectivity index (χ3v) is 4.93. The Labute approximate surface area is 128 Å². The third-order valence-electron chi connectivity index (χ3n) is 4.93. The molecule has 2 saturated heterocycles. The smallest absolute Gasteiger partial charge is 0.270 e. The number of amides is 1. The van der Waals surface area contributed by atoms with Crippen LogP contribution >= 0.6 is 0 Å². The van der Waals surface area contributed by atoms with E-state index in [0.29, 0.717) is 22.6 Å². The molecule has 22 heavy (non-hydrogen) atoms. The molecule has 0 aliphatic carbocycles. The number of aromatic nitrogens is 1. The SMILES string of the molecule is O=C(c1cc2c(F)cccc2[nH]1)N1CCCN2CCCC2C1. The van der Waals surface area contributed by atoms with Gasteiger partial charge in [0.25, 0.3) is 5.91 Å². The maximum absolute atomic E-state index is 13.8. The van der Waals surface area contributed by atoms with Crippen molar-refractivity contribution in [2.24, 2.45) is 0 Å². The van der Waals surface area contributed by atoms with Crippen molar-refractivity contribution in [2.45, 2.75) is 25.3 Å². The second kappa shape index (κ2) is 5.39. The molecule has 1 aromatic heterocycles. The Morgan fingerprint density at radius 3 is 2.95 bits per heavy atom. The molecule has 1 amide bonds. The van der Waals surface area contributed by atoms with Crippen molar-refractivity contribution in [3.05, 3.63) is 35.8 Å². The number of benzene rings is 1. The number of nitrogens with one attached hydrogen (secondary N) is 1. The predicted molar refractivity (Wildman–Crippen MR) is 83.4 cm³/mol. The molecule has 2 aliphatic heterocycles. The fourth-order valence-electron chi connectivity index (χ4n) is 3.79. The minimum atomic E-state index is -0.286. The Bertz CT molecular complexity index is 711. The van der Waals surface area contributed by atoms with Crippen LogP contribution in [0, 0.1) is 5.82 Å². The largest absolute Gasteiger partial charge is 0.350 e. The van der Waals surface area contributed by atoms with Gasteiger partial charge in [-0.25, -0.2) is 4.39 Å². The Morgan fingerprint density at radius 2 is 2.09 bits per heavy atom. The van der Waals surface area contributed by atoms with Gasteiger partial charge >= 0.3 is 0 Å².